The van der Waals surface area contributed by atoms with E-state index < -0.39 is 0 Å². The highest BCUT2D eigenvalue weighted by molar-refractivity contribution is 7.99. The minimum Gasteiger partial charge on any atom is -0.347 e. The third-order valence-corrected chi connectivity index (χ3v) is 6.20. The van der Waals surface area contributed by atoms with Gasteiger partial charge in [-0.05, 0) is 31.5 Å². The number of likely N-dealkylation sites (N-methyl/N-ethyl adjacent to an activating group) is 1. The van der Waals surface area contributed by atoms with Gasteiger partial charge in [0.05, 0.1) is 5.75 Å². The Morgan fingerprint density at radius 2 is 1.96 bits per heavy atom. The van der Waals surface area contributed by atoms with Crippen molar-refractivity contribution in [2.24, 2.45) is 0 Å². The number of allylic oxidation sites excluding steroid dienone is 2. The molecule has 28 heavy (non-hydrogen) atoms. The number of fused-ring (bicyclic) bond motifs is 2. The average Bonchev–Trinajstić information content (AvgIpc) is 3.13. The number of ketones is 1. The Kier molecular flexibility index (Phi) is 4.50. The molecule has 0 unspecified atom stereocenters. The summed E-state index contributed by atoms with van der Waals surface area (Å²) in [6.07, 6.45) is 1.77. The quantitative estimate of drug-likeness (QED) is 0.497. The molecule has 1 aliphatic heterocycles. The Bertz CT molecular complexity index is 1120. The fourth-order valence-corrected chi connectivity index (χ4v) is 4.69. The molecule has 1 aromatic carbocycles. The number of hydrogen-bond donors (Lipinski definition) is 0. The van der Waals surface area contributed by atoms with Gasteiger partial charge in [-0.2, -0.15) is 0 Å². The fourth-order valence-electron chi connectivity index (χ4n) is 3.88. The minimum atomic E-state index is -0.203. The molecule has 3 aromatic rings. The molecule has 0 fully saturated rings. The lowest BCUT2D eigenvalue weighted by molar-refractivity contribution is -0.112. The summed E-state index contributed by atoms with van der Waals surface area (Å²) in [6.45, 7) is 8.24. The lowest BCUT2D eigenvalue weighted by atomic mass is 9.83. The van der Waals surface area contributed by atoms with Gasteiger partial charge in [0.1, 0.15) is 0 Å². The van der Waals surface area contributed by atoms with E-state index in [0.29, 0.717) is 16.7 Å². The van der Waals surface area contributed by atoms with E-state index >= 15 is 0 Å². The van der Waals surface area contributed by atoms with Crippen LogP contribution in [0.5, 0.6) is 0 Å². The molecule has 0 aliphatic carbocycles. The monoisotopic (exact) mass is 393 g/mol. The number of para-hydroxylation sites is 1. The molecule has 3 heterocycles. The number of anilines is 1. The molecule has 1 aliphatic rings. The predicted octanol–water partition coefficient (Wildman–Crippen LogP) is 3.71. The van der Waals surface area contributed by atoms with Crippen LogP contribution in [0.1, 0.15) is 30.8 Å². The summed E-state index contributed by atoms with van der Waals surface area (Å²) < 4.78 is 1.89. The first-order chi connectivity index (χ1) is 13.3. The van der Waals surface area contributed by atoms with Crippen molar-refractivity contribution in [1.29, 1.82) is 0 Å². The van der Waals surface area contributed by atoms with Crippen LogP contribution in [-0.2, 0) is 10.2 Å². The Morgan fingerprint density at radius 3 is 2.71 bits per heavy atom. The number of aromatic nitrogens is 4. The molecular weight excluding hydrogens is 370 g/mol. The number of nitrogens with zero attached hydrogens (tertiary/aromatic N) is 5. The van der Waals surface area contributed by atoms with Crippen LogP contribution in [0.25, 0.3) is 5.78 Å². The first-order valence-electron chi connectivity index (χ1n) is 9.19. The Labute approximate surface area is 168 Å². The van der Waals surface area contributed by atoms with Gasteiger partial charge < -0.3 is 4.90 Å². The molecule has 0 saturated carbocycles. The SMILES string of the molecule is Cc1cc(C)n2c(SCC(=O)/C=C3/N(C)c4ccccc4C3(C)C)nnc2n1. The second-order valence-corrected chi connectivity index (χ2v) is 8.59. The van der Waals surface area contributed by atoms with Crippen LogP contribution >= 0.6 is 11.8 Å². The molecule has 6 nitrogen and oxygen atoms in total. The summed E-state index contributed by atoms with van der Waals surface area (Å²) in [7, 11) is 2.02. The van der Waals surface area contributed by atoms with Gasteiger partial charge in [-0.3, -0.25) is 9.20 Å². The van der Waals surface area contributed by atoms with Crippen molar-refractivity contribution in [2.75, 3.05) is 17.7 Å². The van der Waals surface area contributed by atoms with E-state index in [1.165, 1.54) is 17.3 Å². The highest BCUT2D eigenvalue weighted by Gasteiger charge is 2.38. The summed E-state index contributed by atoms with van der Waals surface area (Å²) in [4.78, 5) is 19.3. The largest absolute Gasteiger partial charge is 0.347 e. The molecule has 0 N–H and O–H groups in total. The molecule has 0 bridgehead atoms. The van der Waals surface area contributed by atoms with E-state index in [2.05, 4.69) is 46.1 Å². The Morgan fingerprint density at radius 1 is 1.21 bits per heavy atom. The zero-order chi connectivity index (χ0) is 20.1. The number of aryl methyl sites for hydroxylation is 2. The van der Waals surface area contributed by atoms with E-state index in [-0.39, 0.29) is 11.2 Å². The second kappa shape index (κ2) is 6.74. The van der Waals surface area contributed by atoms with Crippen LogP contribution in [0, 0.1) is 13.8 Å². The van der Waals surface area contributed by atoms with E-state index in [1.54, 1.807) is 6.08 Å². The highest BCUT2D eigenvalue weighted by atomic mass is 32.2. The third kappa shape index (κ3) is 2.99. The van der Waals surface area contributed by atoms with Crippen LogP contribution in [0.2, 0.25) is 0 Å². The van der Waals surface area contributed by atoms with E-state index in [9.17, 15) is 4.79 Å². The maximum Gasteiger partial charge on any atom is 0.256 e. The maximum absolute atomic E-state index is 12.8. The first kappa shape index (κ1) is 18.7. The molecule has 2 aromatic heterocycles. The van der Waals surface area contributed by atoms with Gasteiger partial charge in [-0.15, -0.1) is 10.2 Å². The van der Waals surface area contributed by atoms with Gasteiger partial charge in [0.25, 0.3) is 5.78 Å². The van der Waals surface area contributed by atoms with Crippen molar-refractivity contribution in [3.63, 3.8) is 0 Å². The standard InChI is InChI=1S/C21H23N5OS/c1-13-10-14(2)26-19(22-13)23-24-20(26)28-12-15(27)11-18-21(3,4)16-8-6-7-9-17(16)25(18)5/h6-11H,12H2,1-5H3/b18-11+. The number of benzene rings is 1. The number of carbonyl (C=O) groups is 1. The molecule has 0 atom stereocenters. The van der Waals surface area contributed by atoms with Crippen LogP contribution in [-0.4, -0.2) is 38.2 Å². The Hall–Kier alpha value is -2.67. The smallest absolute Gasteiger partial charge is 0.256 e. The van der Waals surface area contributed by atoms with Gasteiger partial charge >= 0.3 is 0 Å². The summed E-state index contributed by atoms with van der Waals surface area (Å²) in [5.41, 5.74) is 5.11. The van der Waals surface area contributed by atoms with Gasteiger partial charge in [0, 0.05) is 41.3 Å². The molecule has 0 amide bonds. The molecule has 7 heteroatoms. The molecule has 0 radical (unpaired) electrons. The van der Waals surface area contributed by atoms with Crippen molar-refractivity contribution >= 4 is 29.0 Å². The first-order valence-corrected chi connectivity index (χ1v) is 10.2. The Balaban J connectivity index is 1.56. The lowest BCUT2D eigenvalue weighted by Gasteiger charge is -2.23. The van der Waals surface area contributed by atoms with Crippen molar-refractivity contribution in [1.82, 2.24) is 19.6 Å². The van der Waals surface area contributed by atoms with Crippen molar-refractivity contribution in [3.8, 4) is 0 Å². The molecule has 0 saturated heterocycles. The average molecular weight is 394 g/mol. The molecule has 4 rings (SSSR count). The van der Waals surface area contributed by atoms with Crippen molar-refractivity contribution in [2.45, 2.75) is 38.3 Å². The lowest BCUT2D eigenvalue weighted by Crippen LogP contribution is -2.24. The third-order valence-electron chi connectivity index (χ3n) is 5.24. The van der Waals surface area contributed by atoms with E-state index in [1.807, 2.05) is 43.5 Å². The van der Waals surface area contributed by atoms with E-state index in [0.717, 1.165) is 22.8 Å². The zero-order valence-electron chi connectivity index (χ0n) is 16.7. The highest BCUT2D eigenvalue weighted by Crippen LogP contribution is 2.46. The van der Waals surface area contributed by atoms with Crippen molar-refractivity contribution in [3.05, 3.63) is 59.1 Å². The zero-order valence-corrected chi connectivity index (χ0v) is 17.5. The van der Waals surface area contributed by atoms with Gasteiger partial charge in [-0.1, -0.05) is 43.8 Å². The topological polar surface area (TPSA) is 63.4 Å². The van der Waals surface area contributed by atoms with Crippen molar-refractivity contribution < 1.29 is 4.79 Å². The van der Waals surface area contributed by atoms with Crippen LogP contribution in [0.4, 0.5) is 5.69 Å². The number of rotatable bonds is 4. The van der Waals surface area contributed by atoms with Crippen LogP contribution in [0.3, 0.4) is 0 Å². The predicted molar refractivity (Wildman–Crippen MR) is 112 cm³/mol. The number of hydrogen-bond acceptors (Lipinski definition) is 6. The molecule has 144 valence electrons. The van der Waals surface area contributed by atoms with Gasteiger partial charge in [-0.25, -0.2) is 4.98 Å². The van der Waals surface area contributed by atoms with Crippen LogP contribution in [0.15, 0.2) is 47.3 Å². The summed E-state index contributed by atoms with van der Waals surface area (Å²) in [5, 5.41) is 9.03. The summed E-state index contributed by atoms with van der Waals surface area (Å²) in [6, 6.07) is 10.3. The molecular formula is C21H23N5OS. The van der Waals surface area contributed by atoms with Crippen LogP contribution < -0.4 is 4.90 Å². The minimum absolute atomic E-state index is 0.0576. The van der Waals surface area contributed by atoms with Gasteiger partial charge in [0.15, 0.2) is 10.9 Å². The fraction of sp³-hybridized carbons (Fsp3) is 0.333. The maximum atomic E-state index is 12.8. The normalized spacial score (nSPS) is 16.8. The number of thioether (sulfide) groups is 1. The summed E-state index contributed by atoms with van der Waals surface area (Å²) in [5.74, 6) is 0.929. The number of carbonyl (C=O) groups excluding carboxylic acids is 1. The second-order valence-electron chi connectivity index (χ2n) is 7.64. The van der Waals surface area contributed by atoms with Gasteiger partial charge in [0.2, 0.25) is 0 Å². The summed E-state index contributed by atoms with van der Waals surface area (Å²) >= 11 is 1.39. The molecule has 0 spiro atoms. The van der Waals surface area contributed by atoms with E-state index in [4.69, 9.17) is 0 Å².